The number of thiophene rings is 1. The Morgan fingerprint density at radius 3 is 3.00 bits per heavy atom. The van der Waals surface area contributed by atoms with Gasteiger partial charge in [0.2, 0.25) is 0 Å². The van der Waals surface area contributed by atoms with Gasteiger partial charge in [-0.2, -0.15) is 11.3 Å². The van der Waals surface area contributed by atoms with Crippen molar-refractivity contribution in [3.8, 4) is 0 Å². The summed E-state index contributed by atoms with van der Waals surface area (Å²) in [6.45, 7) is 6.00. The molecule has 1 N–H and O–H groups in total. The van der Waals surface area contributed by atoms with Gasteiger partial charge in [0, 0.05) is 0 Å². The van der Waals surface area contributed by atoms with Crippen molar-refractivity contribution < 1.29 is 5.11 Å². The summed E-state index contributed by atoms with van der Waals surface area (Å²) in [5, 5.41) is 13.5. The predicted octanol–water partition coefficient (Wildman–Crippen LogP) is 3.31. The third kappa shape index (κ3) is 3.33. The largest absolute Gasteiger partial charge is 0.393 e. The highest BCUT2D eigenvalue weighted by molar-refractivity contribution is 7.08. The highest BCUT2D eigenvalue weighted by Gasteiger charge is 2.03. The Morgan fingerprint density at radius 1 is 1.69 bits per heavy atom. The van der Waals surface area contributed by atoms with E-state index in [0.29, 0.717) is 0 Å². The van der Waals surface area contributed by atoms with Gasteiger partial charge in [-0.05, 0) is 47.2 Å². The number of aliphatic hydroxyl groups excluding tert-OH is 1. The molecule has 13 heavy (non-hydrogen) atoms. The van der Waals surface area contributed by atoms with E-state index in [2.05, 4.69) is 23.4 Å². The van der Waals surface area contributed by atoms with Crippen LogP contribution in [0.3, 0.4) is 0 Å². The fourth-order valence-corrected chi connectivity index (χ4v) is 1.85. The van der Waals surface area contributed by atoms with Gasteiger partial charge in [0.25, 0.3) is 0 Å². The second-order valence-corrected chi connectivity index (χ2v) is 4.00. The lowest BCUT2D eigenvalue weighted by Gasteiger charge is -2.08. The van der Waals surface area contributed by atoms with Crippen molar-refractivity contribution in [3.63, 3.8) is 0 Å². The zero-order valence-electron chi connectivity index (χ0n) is 7.99. The highest BCUT2D eigenvalue weighted by atomic mass is 32.1. The van der Waals surface area contributed by atoms with Gasteiger partial charge < -0.3 is 5.11 Å². The molecular formula is C11H16OS. The second-order valence-electron chi connectivity index (χ2n) is 3.22. The molecule has 1 heterocycles. The Balaban J connectivity index is 2.35. The van der Waals surface area contributed by atoms with Gasteiger partial charge in [-0.1, -0.05) is 13.5 Å². The molecule has 1 aromatic rings. The van der Waals surface area contributed by atoms with Crippen LogP contribution in [0.2, 0.25) is 0 Å². The van der Waals surface area contributed by atoms with Crippen LogP contribution in [0.5, 0.6) is 0 Å². The average Bonchev–Trinajstić information content (AvgIpc) is 2.66. The summed E-state index contributed by atoms with van der Waals surface area (Å²) < 4.78 is 0. The molecular weight excluding hydrogens is 180 g/mol. The lowest BCUT2D eigenvalue weighted by atomic mass is 10.0. The van der Waals surface area contributed by atoms with Gasteiger partial charge in [0.15, 0.2) is 0 Å². The Bertz CT molecular complexity index is 251. The van der Waals surface area contributed by atoms with Gasteiger partial charge in [-0.25, -0.2) is 0 Å². The zero-order chi connectivity index (χ0) is 9.68. The molecule has 1 rings (SSSR count). The highest BCUT2D eigenvalue weighted by Crippen LogP contribution is 2.21. The molecule has 0 aliphatic heterocycles. The Labute approximate surface area is 83.7 Å². The molecule has 1 unspecified atom stereocenters. The third-order valence-corrected chi connectivity index (χ3v) is 2.86. The number of aliphatic hydroxyl groups is 1. The van der Waals surface area contributed by atoms with E-state index in [0.717, 1.165) is 24.8 Å². The molecule has 0 aromatic carbocycles. The van der Waals surface area contributed by atoms with Crippen LogP contribution in [0.25, 0.3) is 5.57 Å². The SMILES string of the molecule is C=C(CCC(O)CC)c1ccsc1. The van der Waals surface area contributed by atoms with Crippen molar-refractivity contribution in [2.45, 2.75) is 32.3 Å². The summed E-state index contributed by atoms with van der Waals surface area (Å²) in [5.41, 5.74) is 2.35. The van der Waals surface area contributed by atoms with Crippen molar-refractivity contribution in [1.82, 2.24) is 0 Å². The molecule has 1 atom stereocenters. The number of rotatable bonds is 5. The van der Waals surface area contributed by atoms with E-state index in [-0.39, 0.29) is 6.10 Å². The third-order valence-electron chi connectivity index (χ3n) is 2.18. The van der Waals surface area contributed by atoms with Crippen molar-refractivity contribution in [1.29, 1.82) is 0 Å². The van der Waals surface area contributed by atoms with Crippen LogP contribution < -0.4 is 0 Å². The van der Waals surface area contributed by atoms with Gasteiger partial charge in [0.05, 0.1) is 6.10 Å². The van der Waals surface area contributed by atoms with Crippen LogP contribution in [-0.4, -0.2) is 11.2 Å². The van der Waals surface area contributed by atoms with E-state index in [1.54, 1.807) is 11.3 Å². The molecule has 0 amide bonds. The summed E-state index contributed by atoms with van der Waals surface area (Å²) in [4.78, 5) is 0. The topological polar surface area (TPSA) is 20.2 Å². The molecule has 0 saturated heterocycles. The fourth-order valence-electron chi connectivity index (χ4n) is 1.15. The lowest BCUT2D eigenvalue weighted by Crippen LogP contribution is -2.03. The molecule has 0 bridgehead atoms. The van der Waals surface area contributed by atoms with Crippen LogP contribution in [-0.2, 0) is 0 Å². The Kier molecular flexibility index (Phi) is 4.19. The Morgan fingerprint density at radius 2 is 2.46 bits per heavy atom. The molecule has 0 aliphatic carbocycles. The van der Waals surface area contributed by atoms with E-state index in [9.17, 15) is 5.11 Å². The van der Waals surface area contributed by atoms with E-state index in [4.69, 9.17) is 0 Å². The van der Waals surface area contributed by atoms with Crippen LogP contribution in [0, 0.1) is 0 Å². The first-order valence-electron chi connectivity index (χ1n) is 4.62. The number of hydrogen-bond acceptors (Lipinski definition) is 2. The molecule has 0 saturated carbocycles. The minimum atomic E-state index is -0.171. The van der Waals surface area contributed by atoms with Crippen LogP contribution >= 0.6 is 11.3 Å². The minimum absolute atomic E-state index is 0.171. The zero-order valence-corrected chi connectivity index (χ0v) is 8.81. The van der Waals surface area contributed by atoms with E-state index in [1.807, 2.05) is 6.92 Å². The maximum atomic E-state index is 9.37. The molecule has 72 valence electrons. The van der Waals surface area contributed by atoms with Crippen LogP contribution in [0.1, 0.15) is 31.7 Å². The van der Waals surface area contributed by atoms with Crippen molar-refractivity contribution in [2.75, 3.05) is 0 Å². The first-order valence-corrected chi connectivity index (χ1v) is 5.56. The van der Waals surface area contributed by atoms with Crippen molar-refractivity contribution in [3.05, 3.63) is 29.0 Å². The molecule has 0 spiro atoms. The van der Waals surface area contributed by atoms with Gasteiger partial charge in [0.1, 0.15) is 0 Å². The monoisotopic (exact) mass is 196 g/mol. The Hall–Kier alpha value is -0.600. The first-order chi connectivity index (χ1) is 6.24. The molecule has 1 aromatic heterocycles. The van der Waals surface area contributed by atoms with Crippen LogP contribution in [0.4, 0.5) is 0 Å². The normalized spacial score (nSPS) is 12.8. The smallest absolute Gasteiger partial charge is 0.0540 e. The average molecular weight is 196 g/mol. The second kappa shape index (κ2) is 5.20. The molecule has 1 nitrogen and oxygen atoms in total. The maximum Gasteiger partial charge on any atom is 0.0540 e. The summed E-state index contributed by atoms with van der Waals surface area (Å²) in [6, 6.07) is 2.07. The van der Waals surface area contributed by atoms with E-state index >= 15 is 0 Å². The number of allylic oxidation sites excluding steroid dienone is 1. The van der Waals surface area contributed by atoms with Crippen molar-refractivity contribution >= 4 is 16.9 Å². The van der Waals surface area contributed by atoms with Gasteiger partial charge in [-0.3, -0.25) is 0 Å². The van der Waals surface area contributed by atoms with Crippen LogP contribution in [0.15, 0.2) is 23.4 Å². The van der Waals surface area contributed by atoms with Gasteiger partial charge >= 0.3 is 0 Å². The van der Waals surface area contributed by atoms with E-state index < -0.39 is 0 Å². The number of hydrogen-bond donors (Lipinski definition) is 1. The summed E-state index contributed by atoms with van der Waals surface area (Å²) in [6.07, 6.45) is 2.38. The molecule has 0 fully saturated rings. The lowest BCUT2D eigenvalue weighted by molar-refractivity contribution is 0.162. The van der Waals surface area contributed by atoms with Gasteiger partial charge in [-0.15, -0.1) is 0 Å². The van der Waals surface area contributed by atoms with Crippen molar-refractivity contribution in [2.24, 2.45) is 0 Å². The molecule has 2 heteroatoms. The minimum Gasteiger partial charge on any atom is -0.393 e. The predicted molar refractivity (Wildman–Crippen MR) is 58.9 cm³/mol. The standard InChI is InChI=1S/C11H16OS/c1-3-11(12)5-4-9(2)10-6-7-13-8-10/h6-8,11-12H,2-5H2,1H3. The maximum absolute atomic E-state index is 9.37. The summed E-state index contributed by atoms with van der Waals surface area (Å²) in [5.74, 6) is 0. The summed E-state index contributed by atoms with van der Waals surface area (Å²) >= 11 is 1.68. The quantitative estimate of drug-likeness (QED) is 0.766. The summed E-state index contributed by atoms with van der Waals surface area (Å²) in [7, 11) is 0. The molecule has 0 radical (unpaired) electrons. The first kappa shape index (κ1) is 10.5. The fraction of sp³-hybridized carbons (Fsp3) is 0.455. The molecule has 0 aliphatic rings. The van der Waals surface area contributed by atoms with E-state index in [1.165, 1.54) is 5.56 Å².